The number of nitrogens with zero attached hydrogens (tertiary/aromatic N) is 5. The number of nitrogen functional groups attached to an aromatic ring is 1. The number of hydrogen-bond acceptors (Lipinski definition) is 7. The first-order chi connectivity index (χ1) is 20.6. The summed E-state index contributed by atoms with van der Waals surface area (Å²) in [4.78, 5) is 39.2. The fraction of sp³-hybridized carbons (Fsp3) is 0.273. The van der Waals surface area contributed by atoms with Crippen molar-refractivity contribution in [2.24, 2.45) is 10.9 Å². The minimum atomic E-state index is 0.0275. The van der Waals surface area contributed by atoms with Crippen LogP contribution in [0.3, 0.4) is 0 Å². The molecule has 1 fully saturated rings. The molecule has 212 valence electrons. The Balaban J connectivity index is 1.31. The van der Waals surface area contributed by atoms with E-state index < -0.39 is 0 Å². The quantitative estimate of drug-likeness (QED) is 0.188. The number of anilines is 2. The SMILES string of the molecule is CCN=C(c1nc2c(-c3cccnc3)cccc2[nH]1)c1cc(-c2cncc(NC(=O)CC3CCCCC3)c2)ncc1N. The average Bonchev–Trinajstić information content (AvgIpc) is 3.46. The van der Waals surface area contributed by atoms with Gasteiger partial charge in [0.1, 0.15) is 5.71 Å². The summed E-state index contributed by atoms with van der Waals surface area (Å²) in [6, 6.07) is 13.8. The van der Waals surface area contributed by atoms with Crippen LogP contribution in [0, 0.1) is 5.92 Å². The number of nitrogens with two attached hydrogens (primary N) is 1. The van der Waals surface area contributed by atoms with Crippen molar-refractivity contribution in [3.63, 3.8) is 0 Å². The molecule has 0 atom stereocenters. The number of aromatic nitrogens is 5. The van der Waals surface area contributed by atoms with Gasteiger partial charge in [-0.1, -0.05) is 37.5 Å². The van der Waals surface area contributed by atoms with Crippen LogP contribution in [0.2, 0.25) is 0 Å². The topological polar surface area (TPSA) is 135 Å². The molecule has 0 bridgehead atoms. The van der Waals surface area contributed by atoms with E-state index in [1.165, 1.54) is 19.3 Å². The van der Waals surface area contributed by atoms with Crippen LogP contribution in [0.4, 0.5) is 11.4 Å². The Bertz CT molecular complexity index is 1740. The number of imidazole rings is 1. The Morgan fingerprint density at radius 2 is 1.88 bits per heavy atom. The van der Waals surface area contributed by atoms with Gasteiger partial charge in [-0.3, -0.25) is 24.7 Å². The van der Waals surface area contributed by atoms with Gasteiger partial charge in [0.2, 0.25) is 5.91 Å². The number of amides is 1. The minimum Gasteiger partial charge on any atom is -0.397 e. The number of benzene rings is 1. The van der Waals surface area contributed by atoms with E-state index in [1.54, 1.807) is 24.8 Å². The van der Waals surface area contributed by atoms with E-state index in [0.717, 1.165) is 46.1 Å². The molecule has 6 rings (SSSR count). The highest BCUT2D eigenvalue weighted by atomic mass is 16.1. The molecule has 4 aromatic heterocycles. The molecule has 42 heavy (non-hydrogen) atoms. The Morgan fingerprint density at radius 3 is 2.69 bits per heavy atom. The van der Waals surface area contributed by atoms with Gasteiger partial charge in [-0.2, -0.15) is 0 Å². The van der Waals surface area contributed by atoms with Crippen molar-refractivity contribution in [1.82, 2.24) is 24.9 Å². The Morgan fingerprint density at radius 1 is 1.02 bits per heavy atom. The molecule has 1 aliphatic carbocycles. The number of nitrogens with one attached hydrogen (secondary N) is 2. The maximum Gasteiger partial charge on any atom is 0.224 e. The summed E-state index contributed by atoms with van der Waals surface area (Å²) in [7, 11) is 0. The Kier molecular flexibility index (Phi) is 7.98. The van der Waals surface area contributed by atoms with Crippen LogP contribution < -0.4 is 11.1 Å². The summed E-state index contributed by atoms with van der Waals surface area (Å²) in [5.41, 5.74) is 14.1. The van der Waals surface area contributed by atoms with E-state index in [1.807, 2.05) is 55.6 Å². The largest absolute Gasteiger partial charge is 0.397 e. The lowest BCUT2D eigenvalue weighted by atomic mass is 9.87. The highest BCUT2D eigenvalue weighted by molar-refractivity contribution is 6.15. The van der Waals surface area contributed by atoms with Crippen LogP contribution in [0.1, 0.15) is 56.8 Å². The fourth-order valence-electron chi connectivity index (χ4n) is 5.69. The molecule has 0 spiro atoms. The highest BCUT2D eigenvalue weighted by Gasteiger charge is 2.20. The number of H-pyrrole nitrogens is 1. The molecule has 1 amide bonds. The molecular weight excluding hydrogens is 524 g/mol. The molecule has 1 aliphatic rings. The first kappa shape index (κ1) is 27.3. The van der Waals surface area contributed by atoms with Crippen LogP contribution >= 0.6 is 0 Å². The predicted octanol–water partition coefficient (Wildman–Crippen LogP) is 6.43. The number of aliphatic imine (C=N–C) groups is 1. The van der Waals surface area contributed by atoms with E-state index >= 15 is 0 Å². The molecule has 0 unspecified atom stereocenters. The zero-order valence-corrected chi connectivity index (χ0v) is 23.7. The van der Waals surface area contributed by atoms with Gasteiger partial charge in [0.25, 0.3) is 0 Å². The second kappa shape index (κ2) is 12.3. The molecule has 4 heterocycles. The second-order valence-electron chi connectivity index (χ2n) is 10.7. The van der Waals surface area contributed by atoms with Crippen molar-refractivity contribution in [1.29, 1.82) is 0 Å². The lowest BCUT2D eigenvalue weighted by Crippen LogP contribution is -2.18. The van der Waals surface area contributed by atoms with E-state index in [-0.39, 0.29) is 5.91 Å². The molecule has 0 aliphatic heterocycles. The predicted molar refractivity (Wildman–Crippen MR) is 167 cm³/mol. The van der Waals surface area contributed by atoms with Crippen molar-refractivity contribution < 1.29 is 4.79 Å². The summed E-state index contributed by atoms with van der Waals surface area (Å²) in [6.07, 6.45) is 15.1. The normalized spacial score (nSPS) is 14.3. The van der Waals surface area contributed by atoms with Gasteiger partial charge in [0.05, 0.1) is 40.5 Å². The summed E-state index contributed by atoms with van der Waals surface area (Å²) in [5, 5.41) is 3.03. The fourth-order valence-corrected chi connectivity index (χ4v) is 5.69. The summed E-state index contributed by atoms with van der Waals surface area (Å²) in [5.74, 6) is 1.11. The zero-order valence-electron chi connectivity index (χ0n) is 23.7. The van der Waals surface area contributed by atoms with Crippen molar-refractivity contribution in [3.05, 3.63) is 84.8 Å². The summed E-state index contributed by atoms with van der Waals surface area (Å²) in [6.45, 7) is 2.52. The first-order valence-electron chi connectivity index (χ1n) is 14.5. The van der Waals surface area contributed by atoms with Crippen LogP contribution in [0.15, 0.2) is 78.4 Å². The van der Waals surface area contributed by atoms with Crippen LogP contribution in [-0.4, -0.2) is 43.1 Å². The van der Waals surface area contributed by atoms with Gasteiger partial charge in [-0.15, -0.1) is 0 Å². The third kappa shape index (κ3) is 5.90. The summed E-state index contributed by atoms with van der Waals surface area (Å²) >= 11 is 0. The van der Waals surface area contributed by atoms with Crippen molar-refractivity contribution >= 4 is 34.0 Å². The smallest absolute Gasteiger partial charge is 0.224 e. The molecule has 1 aromatic carbocycles. The highest BCUT2D eigenvalue weighted by Crippen LogP contribution is 2.30. The number of fused-ring (bicyclic) bond motifs is 1. The number of carbonyl (C=O) groups is 1. The molecule has 5 aromatic rings. The van der Waals surface area contributed by atoms with Gasteiger partial charge >= 0.3 is 0 Å². The molecule has 4 N–H and O–H groups in total. The molecule has 0 radical (unpaired) electrons. The lowest BCUT2D eigenvalue weighted by Gasteiger charge is -2.20. The van der Waals surface area contributed by atoms with E-state index in [2.05, 4.69) is 25.3 Å². The van der Waals surface area contributed by atoms with Crippen LogP contribution in [0.5, 0.6) is 0 Å². The Labute approximate surface area is 244 Å². The summed E-state index contributed by atoms with van der Waals surface area (Å²) < 4.78 is 0. The Hall–Kier alpha value is -4.92. The second-order valence-corrected chi connectivity index (χ2v) is 10.7. The van der Waals surface area contributed by atoms with Gasteiger partial charge < -0.3 is 16.0 Å². The van der Waals surface area contributed by atoms with E-state index in [4.69, 9.17) is 15.7 Å². The maximum absolute atomic E-state index is 12.7. The van der Waals surface area contributed by atoms with Gasteiger partial charge in [0.15, 0.2) is 5.82 Å². The molecule has 1 saturated carbocycles. The van der Waals surface area contributed by atoms with Crippen molar-refractivity contribution in [3.8, 4) is 22.4 Å². The number of aromatic amines is 1. The lowest BCUT2D eigenvalue weighted by molar-refractivity contribution is -0.117. The van der Waals surface area contributed by atoms with Gasteiger partial charge in [-0.05, 0) is 49.9 Å². The van der Waals surface area contributed by atoms with Gasteiger partial charge in [-0.25, -0.2) is 4.98 Å². The molecule has 9 heteroatoms. The third-order valence-electron chi connectivity index (χ3n) is 7.73. The number of pyridine rings is 3. The van der Waals surface area contributed by atoms with Crippen molar-refractivity contribution in [2.45, 2.75) is 45.4 Å². The van der Waals surface area contributed by atoms with E-state index in [0.29, 0.717) is 47.5 Å². The van der Waals surface area contributed by atoms with Crippen molar-refractivity contribution in [2.75, 3.05) is 17.6 Å². The molecule has 0 saturated heterocycles. The third-order valence-corrected chi connectivity index (χ3v) is 7.73. The standard InChI is InChI=1S/C33H34N8O/c1-2-37-32(33-40-28-12-6-11-25(31(28)41-33)22-10-7-13-35-17-22)26-16-29(38-20-27(26)34)23-15-24(19-36-18-23)39-30(42)14-21-8-4-3-5-9-21/h6-7,10-13,15-21H,2-5,8-9,14,34H2,1H3,(H,39,42)(H,40,41). The van der Waals surface area contributed by atoms with E-state index in [9.17, 15) is 4.79 Å². The monoisotopic (exact) mass is 558 g/mol. The number of carbonyl (C=O) groups excluding carboxylic acids is 1. The maximum atomic E-state index is 12.7. The van der Waals surface area contributed by atoms with Crippen LogP contribution in [0.25, 0.3) is 33.4 Å². The minimum absolute atomic E-state index is 0.0275. The van der Waals surface area contributed by atoms with Crippen LogP contribution in [-0.2, 0) is 4.79 Å². The molecule has 9 nitrogen and oxygen atoms in total. The van der Waals surface area contributed by atoms with Gasteiger partial charge in [0, 0.05) is 53.8 Å². The number of rotatable bonds is 8. The molecular formula is C33H34N8O. The zero-order chi connectivity index (χ0) is 28.9. The number of hydrogen-bond donors (Lipinski definition) is 3. The first-order valence-corrected chi connectivity index (χ1v) is 14.5. The number of para-hydroxylation sites is 1. The average molecular weight is 559 g/mol.